The molecule has 0 atom stereocenters. The number of hydrogen-bond donors (Lipinski definition) is 1. The Labute approximate surface area is 199 Å². The van der Waals surface area contributed by atoms with Gasteiger partial charge >= 0.3 is 5.97 Å². The molecule has 33 heavy (non-hydrogen) atoms. The smallest absolute Gasteiger partial charge is 0.328 e. The van der Waals surface area contributed by atoms with Gasteiger partial charge in [0.2, 0.25) is 0 Å². The maximum absolute atomic E-state index is 10.9. The number of aliphatic carboxylic acids is 1. The van der Waals surface area contributed by atoms with Crippen LogP contribution in [0.4, 0.5) is 0 Å². The molecule has 1 N–H and O–H groups in total. The zero-order valence-corrected chi connectivity index (χ0v) is 19.4. The molecule has 3 aromatic rings. The van der Waals surface area contributed by atoms with Crippen molar-refractivity contribution in [2.75, 3.05) is 7.11 Å². The molecule has 3 nitrogen and oxygen atoms in total. The van der Waals surface area contributed by atoms with E-state index in [2.05, 4.69) is 49.4 Å². The fraction of sp³-hybridized carbons (Fsp3) is 0.138. The highest BCUT2D eigenvalue weighted by Gasteiger charge is 2.22. The minimum absolute atomic E-state index is 0.634. The van der Waals surface area contributed by atoms with Crippen LogP contribution in [0.15, 0.2) is 78.4 Å². The maximum atomic E-state index is 10.9. The van der Waals surface area contributed by atoms with Gasteiger partial charge in [0.25, 0.3) is 0 Å². The number of rotatable bonds is 7. The molecule has 4 rings (SSSR count). The maximum Gasteiger partial charge on any atom is 0.328 e. The fourth-order valence-corrected chi connectivity index (χ4v) is 4.50. The quantitative estimate of drug-likeness (QED) is 0.297. The molecule has 0 bridgehead atoms. The third-order valence-corrected chi connectivity index (χ3v) is 6.08. The molecule has 0 aromatic heterocycles. The molecule has 0 heterocycles. The molecule has 0 saturated heterocycles. The van der Waals surface area contributed by atoms with Gasteiger partial charge < -0.3 is 9.84 Å². The van der Waals surface area contributed by atoms with Gasteiger partial charge in [0, 0.05) is 16.7 Å². The van der Waals surface area contributed by atoms with Crippen molar-refractivity contribution >= 4 is 40.9 Å². The monoisotopic (exact) mass is 456 g/mol. The van der Waals surface area contributed by atoms with Crippen LogP contribution in [0.25, 0.3) is 23.3 Å². The van der Waals surface area contributed by atoms with Gasteiger partial charge in [-0.3, -0.25) is 0 Å². The highest BCUT2D eigenvalue weighted by molar-refractivity contribution is 6.30. The second-order valence-electron chi connectivity index (χ2n) is 7.89. The van der Waals surface area contributed by atoms with Crippen molar-refractivity contribution in [2.45, 2.75) is 19.8 Å². The van der Waals surface area contributed by atoms with Crippen LogP contribution in [0.1, 0.15) is 41.2 Å². The lowest BCUT2D eigenvalue weighted by Crippen LogP contribution is -1.99. The second kappa shape index (κ2) is 9.93. The average Bonchev–Trinajstić information content (AvgIpc) is 3.25. The minimum atomic E-state index is -0.961. The van der Waals surface area contributed by atoms with Crippen molar-refractivity contribution in [1.82, 2.24) is 0 Å². The number of methoxy groups -OCH3 is 1. The lowest BCUT2D eigenvalue weighted by molar-refractivity contribution is -0.131. The Bertz CT molecular complexity index is 1280. The molecule has 3 aromatic carbocycles. The molecule has 0 unspecified atom stereocenters. The standard InChI is InChI=1S/C29H25ClO3/c1-3-25(26-14-13-24(30)18-27(26)33-2)29(23-16-21-6-4-5-7-22(21)17-23)20-11-8-19(9-12-20)10-15-28(31)32/h4-16,18H,3,17H2,1-2H3,(H,31,32)/b15-10+,29-25+. The molecular formula is C29H25ClO3. The van der Waals surface area contributed by atoms with Crippen molar-refractivity contribution in [2.24, 2.45) is 0 Å². The van der Waals surface area contributed by atoms with Crippen molar-refractivity contribution in [3.63, 3.8) is 0 Å². The molecule has 0 amide bonds. The van der Waals surface area contributed by atoms with Gasteiger partial charge in [-0.15, -0.1) is 0 Å². The SMILES string of the molecule is CC/C(=C(\C1=Cc2ccccc2C1)c1ccc(/C=C/C(=O)O)cc1)c1ccc(Cl)cc1OC. The van der Waals surface area contributed by atoms with Gasteiger partial charge in [0.1, 0.15) is 5.75 Å². The van der Waals surface area contributed by atoms with E-state index in [-0.39, 0.29) is 0 Å². The molecule has 0 radical (unpaired) electrons. The van der Waals surface area contributed by atoms with Crippen LogP contribution >= 0.6 is 11.6 Å². The van der Waals surface area contributed by atoms with E-state index >= 15 is 0 Å². The zero-order chi connectivity index (χ0) is 23.4. The first kappa shape index (κ1) is 22.6. The van der Waals surface area contributed by atoms with Crippen molar-refractivity contribution in [3.05, 3.63) is 111 Å². The van der Waals surface area contributed by atoms with Crippen LogP contribution in [0.3, 0.4) is 0 Å². The number of halogens is 1. The number of ether oxygens (including phenoxy) is 1. The fourth-order valence-electron chi connectivity index (χ4n) is 4.34. The number of carboxylic acid groups (broad SMARTS) is 1. The van der Waals surface area contributed by atoms with Crippen LogP contribution in [-0.2, 0) is 11.2 Å². The molecule has 1 aliphatic carbocycles. The Morgan fingerprint density at radius 3 is 2.52 bits per heavy atom. The Hall–Kier alpha value is -3.56. The predicted octanol–water partition coefficient (Wildman–Crippen LogP) is 7.41. The minimum Gasteiger partial charge on any atom is -0.496 e. The highest BCUT2D eigenvalue weighted by Crippen LogP contribution is 2.42. The van der Waals surface area contributed by atoms with Gasteiger partial charge in [0.05, 0.1) is 7.11 Å². The van der Waals surface area contributed by atoms with Crippen molar-refractivity contribution < 1.29 is 14.6 Å². The topological polar surface area (TPSA) is 46.5 Å². The zero-order valence-electron chi connectivity index (χ0n) is 18.6. The Morgan fingerprint density at radius 1 is 1.09 bits per heavy atom. The van der Waals surface area contributed by atoms with Crippen LogP contribution in [0.2, 0.25) is 5.02 Å². The van der Waals surface area contributed by atoms with E-state index in [9.17, 15) is 4.79 Å². The summed E-state index contributed by atoms with van der Waals surface area (Å²) in [4.78, 5) is 10.9. The van der Waals surface area contributed by atoms with Crippen LogP contribution in [0.5, 0.6) is 5.75 Å². The summed E-state index contributed by atoms with van der Waals surface area (Å²) in [5.41, 5.74) is 9.08. The van der Waals surface area contributed by atoms with Gasteiger partial charge in [-0.1, -0.05) is 73.1 Å². The third-order valence-electron chi connectivity index (χ3n) is 5.85. The van der Waals surface area contributed by atoms with Gasteiger partial charge in [0.15, 0.2) is 0 Å². The lowest BCUT2D eigenvalue weighted by Gasteiger charge is -2.19. The highest BCUT2D eigenvalue weighted by atomic mass is 35.5. The Morgan fingerprint density at radius 2 is 1.85 bits per heavy atom. The number of carboxylic acids is 1. The first-order valence-electron chi connectivity index (χ1n) is 10.9. The number of fused-ring (bicyclic) bond motifs is 1. The molecular weight excluding hydrogens is 432 g/mol. The van der Waals surface area contributed by atoms with Gasteiger partial charge in [-0.25, -0.2) is 4.79 Å². The summed E-state index contributed by atoms with van der Waals surface area (Å²) in [6.45, 7) is 2.15. The van der Waals surface area contributed by atoms with E-state index in [0.29, 0.717) is 5.02 Å². The summed E-state index contributed by atoms with van der Waals surface area (Å²) < 4.78 is 5.69. The molecule has 1 aliphatic rings. The van der Waals surface area contributed by atoms with Crippen molar-refractivity contribution in [1.29, 1.82) is 0 Å². The Balaban J connectivity index is 1.89. The molecule has 0 aliphatic heterocycles. The number of benzene rings is 3. The van der Waals surface area contributed by atoms with E-state index in [1.54, 1.807) is 13.2 Å². The van der Waals surface area contributed by atoms with Crippen LogP contribution in [-0.4, -0.2) is 18.2 Å². The largest absolute Gasteiger partial charge is 0.496 e. The summed E-state index contributed by atoms with van der Waals surface area (Å²) in [5, 5.41) is 9.56. The van der Waals surface area contributed by atoms with E-state index in [1.807, 2.05) is 30.3 Å². The van der Waals surface area contributed by atoms with E-state index in [0.717, 1.165) is 41.4 Å². The van der Waals surface area contributed by atoms with Crippen LogP contribution < -0.4 is 4.74 Å². The third kappa shape index (κ3) is 4.94. The molecule has 166 valence electrons. The van der Waals surface area contributed by atoms with Crippen molar-refractivity contribution in [3.8, 4) is 5.75 Å². The van der Waals surface area contributed by atoms with E-state index in [1.165, 1.54) is 27.8 Å². The summed E-state index contributed by atoms with van der Waals surface area (Å²) in [5.74, 6) is -0.217. The number of carbonyl (C=O) groups is 1. The molecule has 0 spiro atoms. The average molecular weight is 457 g/mol. The summed E-state index contributed by atoms with van der Waals surface area (Å²) in [6.07, 6.45) is 6.68. The summed E-state index contributed by atoms with van der Waals surface area (Å²) >= 11 is 6.24. The van der Waals surface area contributed by atoms with Gasteiger partial charge in [-0.05, 0) is 76.1 Å². The molecule has 0 fully saturated rings. The number of hydrogen-bond acceptors (Lipinski definition) is 2. The molecule has 0 saturated carbocycles. The van der Waals surface area contributed by atoms with Gasteiger partial charge in [-0.2, -0.15) is 0 Å². The first-order valence-corrected chi connectivity index (χ1v) is 11.2. The predicted molar refractivity (Wildman–Crippen MR) is 136 cm³/mol. The Kier molecular flexibility index (Phi) is 6.81. The molecule has 4 heteroatoms. The lowest BCUT2D eigenvalue weighted by atomic mass is 9.86. The first-order chi connectivity index (χ1) is 16.0. The second-order valence-corrected chi connectivity index (χ2v) is 8.33. The van der Waals surface area contributed by atoms with E-state index in [4.69, 9.17) is 21.4 Å². The normalized spacial score (nSPS) is 13.5. The van der Waals surface area contributed by atoms with E-state index < -0.39 is 5.97 Å². The number of allylic oxidation sites excluding steroid dienone is 3. The summed E-state index contributed by atoms with van der Waals surface area (Å²) in [7, 11) is 1.66. The summed E-state index contributed by atoms with van der Waals surface area (Å²) in [6, 6.07) is 22.2. The van der Waals surface area contributed by atoms with Crippen LogP contribution in [0, 0.1) is 0 Å².